The molecule has 0 bridgehead atoms. The van der Waals surface area contributed by atoms with Gasteiger partial charge in [0.15, 0.2) is 0 Å². The van der Waals surface area contributed by atoms with Crippen LogP contribution in [0.3, 0.4) is 0 Å². The van der Waals surface area contributed by atoms with Gasteiger partial charge >= 0.3 is 6.09 Å². The maximum Gasteiger partial charge on any atom is 0.410 e. The normalized spacial score (nSPS) is 15.4. The number of benzene rings is 1. The maximum absolute atomic E-state index is 12.0. The zero-order valence-electron chi connectivity index (χ0n) is 13.1. The number of ether oxygens (including phenoxy) is 1. The van der Waals surface area contributed by atoms with E-state index < -0.39 is 5.60 Å². The van der Waals surface area contributed by atoms with Crippen LogP contribution in [0.15, 0.2) is 18.2 Å². The maximum atomic E-state index is 12.0. The lowest BCUT2D eigenvalue weighted by Crippen LogP contribution is -2.50. The van der Waals surface area contributed by atoms with Crippen LogP contribution in [0.4, 0.5) is 10.5 Å². The third-order valence-electron chi connectivity index (χ3n) is 3.35. The standard InChI is InChI=1S/C16H20ClN3O2/c1-16(2,3)22-15(21)20-8-6-19(7-9-20)14-5-4-12(11-18)10-13(14)17/h4-5,10H,6-9H2,1-3H3. The van der Waals surface area contributed by atoms with Crippen molar-refractivity contribution in [1.82, 2.24) is 4.90 Å². The number of carbonyl (C=O) groups is 1. The number of piperazine rings is 1. The van der Waals surface area contributed by atoms with Crippen molar-refractivity contribution < 1.29 is 9.53 Å². The van der Waals surface area contributed by atoms with Crippen LogP contribution in [-0.4, -0.2) is 42.8 Å². The van der Waals surface area contributed by atoms with Gasteiger partial charge in [-0.2, -0.15) is 5.26 Å². The van der Waals surface area contributed by atoms with Crippen LogP contribution in [-0.2, 0) is 4.74 Å². The van der Waals surface area contributed by atoms with Gasteiger partial charge in [0.1, 0.15) is 5.60 Å². The minimum absolute atomic E-state index is 0.280. The Morgan fingerprint density at radius 2 is 1.91 bits per heavy atom. The third-order valence-corrected chi connectivity index (χ3v) is 3.65. The summed E-state index contributed by atoms with van der Waals surface area (Å²) in [5.74, 6) is 0. The predicted molar refractivity (Wildman–Crippen MR) is 86.2 cm³/mol. The fourth-order valence-corrected chi connectivity index (χ4v) is 2.59. The molecule has 0 atom stereocenters. The minimum Gasteiger partial charge on any atom is -0.444 e. The second kappa shape index (κ2) is 6.45. The first-order valence-electron chi connectivity index (χ1n) is 7.23. The Hall–Kier alpha value is -1.93. The third kappa shape index (κ3) is 4.05. The monoisotopic (exact) mass is 321 g/mol. The summed E-state index contributed by atoms with van der Waals surface area (Å²) in [6.07, 6.45) is -0.280. The summed E-state index contributed by atoms with van der Waals surface area (Å²) in [5, 5.41) is 9.43. The van der Waals surface area contributed by atoms with Crippen molar-refractivity contribution in [2.24, 2.45) is 0 Å². The van der Waals surface area contributed by atoms with Crippen LogP contribution in [0.5, 0.6) is 0 Å². The number of nitrogens with zero attached hydrogens (tertiary/aromatic N) is 3. The molecule has 1 aromatic carbocycles. The van der Waals surface area contributed by atoms with E-state index in [1.807, 2.05) is 26.8 Å². The second-order valence-corrected chi connectivity index (χ2v) is 6.64. The molecule has 0 aromatic heterocycles. The molecule has 22 heavy (non-hydrogen) atoms. The SMILES string of the molecule is CC(C)(C)OC(=O)N1CCN(c2ccc(C#N)cc2Cl)CC1. The predicted octanol–water partition coefficient (Wildman–Crippen LogP) is 3.27. The summed E-state index contributed by atoms with van der Waals surface area (Å²) < 4.78 is 5.38. The second-order valence-electron chi connectivity index (χ2n) is 6.23. The van der Waals surface area contributed by atoms with E-state index in [4.69, 9.17) is 21.6 Å². The summed E-state index contributed by atoms with van der Waals surface area (Å²) in [7, 11) is 0. The van der Waals surface area contributed by atoms with Crippen molar-refractivity contribution in [3.05, 3.63) is 28.8 Å². The van der Waals surface area contributed by atoms with Gasteiger partial charge in [-0.1, -0.05) is 11.6 Å². The number of amides is 1. The van der Waals surface area contributed by atoms with Crippen molar-refractivity contribution in [2.75, 3.05) is 31.1 Å². The fraction of sp³-hybridized carbons (Fsp3) is 0.500. The van der Waals surface area contributed by atoms with Crippen LogP contribution in [0.1, 0.15) is 26.3 Å². The van der Waals surface area contributed by atoms with E-state index >= 15 is 0 Å². The Morgan fingerprint density at radius 1 is 1.27 bits per heavy atom. The molecule has 1 amide bonds. The molecule has 1 aliphatic rings. The average molecular weight is 322 g/mol. The summed E-state index contributed by atoms with van der Waals surface area (Å²) in [5.41, 5.74) is 0.954. The van der Waals surface area contributed by atoms with E-state index in [9.17, 15) is 4.79 Å². The lowest BCUT2D eigenvalue weighted by molar-refractivity contribution is 0.0240. The quantitative estimate of drug-likeness (QED) is 0.796. The van der Waals surface area contributed by atoms with Crippen LogP contribution >= 0.6 is 11.6 Å². The van der Waals surface area contributed by atoms with E-state index in [0.717, 1.165) is 5.69 Å². The van der Waals surface area contributed by atoms with E-state index in [1.165, 1.54) is 0 Å². The van der Waals surface area contributed by atoms with Gasteiger partial charge < -0.3 is 14.5 Å². The first-order valence-corrected chi connectivity index (χ1v) is 7.60. The number of anilines is 1. The highest BCUT2D eigenvalue weighted by molar-refractivity contribution is 6.33. The van der Waals surface area contributed by atoms with Gasteiger partial charge in [0.25, 0.3) is 0 Å². The Balaban J connectivity index is 1.98. The molecule has 1 heterocycles. The van der Waals surface area contributed by atoms with Gasteiger partial charge in [0.2, 0.25) is 0 Å². The number of halogens is 1. The van der Waals surface area contributed by atoms with Gasteiger partial charge in [-0.25, -0.2) is 4.79 Å². The number of hydrogen-bond acceptors (Lipinski definition) is 4. The molecule has 5 nitrogen and oxygen atoms in total. The van der Waals surface area contributed by atoms with E-state index in [0.29, 0.717) is 36.8 Å². The van der Waals surface area contributed by atoms with Crippen LogP contribution in [0.25, 0.3) is 0 Å². The van der Waals surface area contributed by atoms with Crippen molar-refractivity contribution in [3.63, 3.8) is 0 Å². The van der Waals surface area contributed by atoms with Crippen molar-refractivity contribution in [3.8, 4) is 6.07 Å². The van der Waals surface area contributed by atoms with Gasteiger partial charge in [-0.15, -0.1) is 0 Å². The Labute approximate surface area is 136 Å². The van der Waals surface area contributed by atoms with Crippen LogP contribution < -0.4 is 4.90 Å². The first-order chi connectivity index (χ1) is 10.3. The number of carbonyl (C=O) groups excluding carboxylic acids is 1. The molecule has 0 radical (unpaired) electrons. The molecule has 1 aliphatic heterocycles. The average Bonchev–Trinajstić information content (AvgIpc) is 2.45. The smallest absolute Gasteiger partial charge is 0.410 e. The lowest BCUT2D eigenvalue weighted by Gasteiger charge is -2.37. The molecule has 0 unspecified atom stereocenters. The molecule has 0 N–H and O–H groups in total. The van der Waals surface area contributed by atoms with Gasteiger partial charge in [0.05, 0.1) is 22.3 Å². The molecule has 6 heteroatoms. The summed E-state index contributed by atoms with van der Waals surface area (Å²) in [6.45, 7) is 8.12. The molecular weight excluding hydrogens is 302 g/mol. The molecule has 0 spiro atoms. The van der Waals surface area contributed by atoms with E-state index in [2.05, 4.69) is 11.0 Å². The molecular formula is C16H20ClN3O2. The molecule has 0 aliphatic carbocycles. The van der Waals surface area contributed by atoms with E-state index in [-0.39, 0.29) is 6.09 Å². The molecule has 0 saturated carbocycles. The molecule has 1 fully saturated rings. The minimum atomic E-state index is -0.481. The highest BCUT2D eigenvalue weighted by Crippen LogP contribution is 2.27. The summed E-state index contributed by atoms with van der Waals surface area (Å²) in [6, 6.07) is 7.34. The Bertz CT molecular complexity index is 596. The van der Waals surface area contributed by atoms with E-state index in [1.54, 1.807) is 17.0 Å². The molecule has 1 aromatic rings. The highest BCUT2D eigenvalue weighted by atomic mass is 35.5. The van der Waals surface area contributed by atoms with Crippen LogP contribution in [0, 0.1) is 11.3 Å². The lowest BCUT2D eigenvalue weighted by atomic mass is 10.2. The number of rotatable bonds is 1. The first kappa shape index (κ1) is 16.4. The number of nitriles is 1. The molecule has 2 rings (SSSR count). The van der Waals surface area contributed by atoms with Crippen molar-refractivity contribution in [1.29, 1.82) is 5.26 Å². The number of hydrogen-bond donors (Lipinski definition) is 0. The zero-order chi connectivity index (χ0) is 16.3. The summed E-state index contributed by atoms with van der Waals surface area (Å²) in [4.78, 5) is 15.9. The topological polar surface area (TPSA) is 56.6 Å². The Morgan fingerprint density at radius 3 is 2.41 bits per heavy atom. The van der Waals surface area contributed by atoms with Gasteiger partial charge in [-0.3, -0.25) is 0 Å². The largest absolute Gasteiger partial charge is 0.444 e. The highest BCUT2D eigenvalue weighted by Gasteiger charge is 2.26. The molecule has 118 valence electrons. The molecule has 1 saturated heterocycles. The summed E-state index contributed by atoms with van der Waals surface area (Å²) >= 11 is 6.23. The van der Waals surface area contributed by atoms with Gasteiger partial charge in [0, 0.05) is 26.2 Å². The van der Waals surface area contributed by atoms with Crippen molar-refractivity contribution in [2.45, 2.75) is 26.4 Å². The fourth-order valence-electron chi connectivity index (χ4n) is 2.29. The van der Waals surface area contributed by atoms with Gasteiger partial charge in [-0.05, 0) is 39.0 Å². The van der Waals surface area contributed by atoms with Crippen molar-refractivity contribution >= 4 is 23.4 Å². The zero-order valence-corrected chi connectivity index (χ0v) is 13.9. The van der Waals surface area contributed by atoms with Crippen LogP contribution in [0.2, 0.25) is 5.02 Å². The Kier molecular flexibility index (Phi) is 4.82.